The molecule has 1 aromatic heterocycles. The molecule has 0 amide bonds. The number of aromatic nitrogens is 1. The Labute approximate surface area is 111 Å². The Balaban J connectivity index is 3.24. The number of rotatable bonds is 6. The van der Waals surface area contributed by atoms with Gasteiger partial charge in [-0.2, -0.15) is 0 Å². The van der Waals surface area contributed by atoms with E-state index in [4.69, 9.17) is 14.2 Å². The van der Waals surface area contributed by atoms with Gasteiger partial charge in [0, 0.05) is 13.3 Å². The van der Waals surface area contributed by atoms with Crippen molar-refractivity contribution in [2.24, 2.45) is 0 Å². The number of esters is 2. The molecule has 0 aromatic carbocycles. The van der Waals surface area contributed by atoms with Crippen molar-refractivity contribution >= 4 is 11.9 Å². The second-order valence-electron chi connectivity index (χ2n) is 3.57. The van der Waals surface area contributed by atoms with E-state index in [0.717, 1.165) is 0 Å². The minimum Gasteiger partial charge on any atom is -0.462 e. The fourth-order valence-corrected chi connectivity index (χ4v) is 1.56. The summed E-state index contributed by atoms with van der Waals surface area (Å²) in [6.07, 6.45) is 1.43. The van der Waals surface area contributed by atoms with E-state index in [1.54, 1.807) is 19.9 Å². The van der Waals surface area contributed by atoms with Crippen LogP contribution in [0.15, 0.2) is 12.3 Å². The molecule has 0 saturated heterocycles. The Morgan fingerprint density at radius 1 is 1.16 bits per heavy atom. The zero-order valence-corrected chi connectivity index (χ0v) is 11.3. The maximum absolute atomic E-state index is 11.9. The summed E-state index contributed by atoms with van der Waals surface area (Å²) in [5.74, 6) is -1.26. The van der Waals surface area contributed by atoms with Gasteiger partial charge in [0.05, 0.1) is 25.4 Å². The van der Waals surface area contributed by atoms with Crippen LogP contribution in [0.1, 0.15) is 40.3 Å². The van der Waals surface area contributed by atoms with Crippen molar-refractivity contribution in [3.63, 3.8) is 0 Å². The van der Waals surface area contributed by atoms with E-state index >= 15 is 0 Å². The van der Waals surface area contributed by atoms with Gasteiger partial charge in [0.15, 0.2) is 5.69 Å². The number of nitrogens with zero attached hydrogens (tertiary/aromatic N) is 1. The Hall–Kier alpha value is -1.95. The van der Waals surface area contributed by atoms with Crippen LogP contribution < -0.4 is 0 Å². The maximum Gasteiger partial charge on any atom is 0.357 e. The Morgan fingerprint density at radius 2 is 1.79 bits per heavy atom. The molecule has 1 aromatic rings. The average molecular weight is 267 g/mol. The number of methoxy groups -OCH3 is 1. The second kappa shape index (κ2) is 7.48. The number of pyridine rings is 1. The number of hydrogen-bond acceptors (Lipinski definition) is 6. The van der Waals surface area contributed by atoms with Crippen molar-refractivity contribution in [3.8, 4) is 0 Å². The van der Waals surface area contributed by atoms with Crippen LogP contribution >= 0.6 is 0 Å². The first-order chi connectivity index (χ1) is 9.15. The third-order valence-corrected chi connectivity index (χ3v) is 2.29. The van der Waals surface area contributed by atoms with E-state index in [1.165, 1.54) is 13.3 Å². The smallest absolute Gasteiger partial charge is 0.357 e. The molecule has 6 nitrogen and oxygen atoms in total. The lowest BCUT2D eigenvalue weighted by Crippen LogP contribution is -2.18. The lowest BCUT2D eigenvalue weighted by Gasteiger charge is -2.11. The molecular weight excluding hydrogens is 250 g/mol. The largest absolute Gasteiger partial charge is 0.462 e. The molecule has 19 heavy (non-hydrogen) atoms. The maximum atomic E-state index is 11.9. The van der Waals surface area contributed by atoms with Gasteiger partial charge in [-0.05, 0) is 25.5 Å². The van der Waals surface area contributed by atoms with E-state index in [1.807, 2.05) is 0 Å². The van der Waals surface area contributed by atoms with Crippen LogP contribution in [0.5, 0.6) is 0 Å². The zero-order valence-electron chi connectivity index (χ0n) is 11.3. The third kappa shape index (κ3) is 3.75. The highest BCUT2D eigenvalue weighted by molar-refractivity contribution is 6.02. The van der Waals surface area contributed by atoms with Crippen LogP contribution in [-0.2, 0) is 20.8 Å². The topological polar surface area (TPSA) is 74.7 Å². The molecule has 1 rings (SSSR count). The molecule has 0 saturated carbocycles. The first-order valence-corrected chi connectivity index (χ1v) is 5.96. The Morgan fingerprint density at radius 3 is 2.37 bits per heavy atom. The summed E-state index contributed by atoms with van der Waals surface area (Å²) in [6.45, 7) is 3.97. The van der Waals surface area contributed by atoms with E-state index in [-0.39, 0.29) is 31.1 Å². The van der Waals surface area contributed by atoms with E-state index in [0.29, 0.717) is 5.56 Å². The quantitative estimate of drug-likeness (QED) is 0.728. The molecule has 1 heterocycles. The molecule has 0 unspecified atom stereocenters. The lowest BCUT2D eigenvalue weighted by molar-refractivity contribution is 0.0469. The van der Waals surface area contributed by atoms with Crippen LogP contribution in [0, 0.1) is 0 Å². The number of carbonyl (C=O) groups excluding carboxylic acids is 2. The molecule has 0 aliphatic rings. The van der Waals surface area contributed by atoms with E-state index < -0.39 is 11.9 Å². The molecule has 0 N–H and O–H groups in total. The summed E-state index contributed by atoms with van der Waals surface area (Å²) >= 11 is 0. The highest BCUT2D eigenvalue weighted by Crippen LogP contribution is 2.16. The minimum absolute atomic E-state index is 0.0464. The lowest BCUT2D eigenvalue weighted by atomic mass is 10.1. The average Bonchev–Trinajstić information content (AvgIpc) is 2.39. The SMILES string of the molecule is CCOC(=O)c1nccc(COC)c1C(=O)OCC. The van der Waals surface area contributed by atoms with Gasteiger partial charge in [0.25, 0.3) is 0 Å². The van der Waals surface area contributed by atoms with Crippen molar-refractivity contribution in [2.75, 3.05) is 20.3 Å². The number of hydrogen-bond donors (Lipinski definition) is 0. The van der Waals surface area contributed by atoms with Crippen molar-refractivity contribution in [1.29, 1.82) is 0 Å². The molecule has 6 heteroatoms. The van der Waals surface area contributed by atoms with Gasteiger partial charge < -0.3 is 14.2 Å². The van der Waals surface area contributed by atoms with Gasteiger partial charge in [-0.3, -0.25) is 0 Å². The first-order valence-electron chi connectivity index (χ1n) is 5.96. The predicted molar refractivity (Wildman–Crippen MR) is 66.9 cm³/mol. The van der Waals surface area contributed by atoms with Gasteiger partial charge in [-0.15, -0.1) is 0 Å². The predicted octanol–water partition coefficient (Wildman–Crippen LogP) is 1.58. The van der Waals surface area contributed by atoms with Crippen molar-refractivity contribution < 1.29 is 23.8 Å². The molecule has 0 radical (unpaired) electrons. The summed E-state index contributed by atoms with van der Waals surface area (Å²) < 4.78 is 14.8. The molecule has 0 bridgehead atoms. The van der Waals surface area contributed by atoms with Gasteiger partial charge in [-0.25, -0.2) is 14.6 Å². The van der Waals surface area contributed by atoms with Gasteiger partial charge in [-0.1, -0.05) is 0 Å². The van der Waals surface area contributed by atoms with Crippen molar-refractivity contribution in [2.45, 2.75) is 20.5 Å². The standard InChI is InChI=1S/C13H17NO5/c1-4-18-12(15)10-9(8-17-3)6-7-14-11(10)13(16)19-5-2/h6-7H,4-5,8H2,1-3H3. The fourth-order valence-electron chi connectivity index (χ4n) is 1.56. The van der Waals surface area contributed by atoms with Crippen molar-refractivity contribution in [3.05, 3.63) is 29.1 Å². The molecule has 104 valence electrons. The van der Waals surface area contributed by atoms with E-state index in [2.05, 4.69) is 4.98 Å². The zero-order chi connectivity index (χ0) is 14.3. The molecular formula is C13H17NO5. The first kappa shape index (κ1) is 15.1. The molecule has 0 atom stereocenters. The van der Waals surface area contributed by atoms with Gasteiger partial charge >= 0.3 is 11.9 Å². The van der Waals surface area contributed by atoms with E-state index in [9.17, 15) is 9.59 Å². The van der Waals surface area contributed by atoms with Crippen LogP contribution in [0.2, 0.25) is 0 Å². The summed E-state index contributed by atoms with van der Waals surface area (Å²) in [6, 6.07) is 1.61. The molecule has 0 aliphatic heterocycles. The molecule has 0 spiro atoms. The van der Waals surface area contributed by atoms with Gasteiger partial charge in [0.1, 0.15) is 0 Å². The molecule has 0 fully saturated rings. The summed E-state index contributed by atoms with van der Waals surface area (Å²) in [4.78, 5) is 27.7. The monoisotopic (exact) mass is 267 g/mol. The fraction of sp³-hybridized carbons (Fsp3) is 0.462. The Bertz CT molecular complexity index is 458. The summed E-state index contributed by atoms with van der Waals surface area (Å²) in [7, 11) is 1.50. The summed E-state index contributed by atoms with van der Waals surface area (Å²) in [5.41, 5.74) is 0.596. The van der Waals surface area contributed by atoms with Crippen LogP contribution in [0.4, 0.5) is 0 Å². The number of ether oxygens (including phenoxy) is 3. The van der Waals surface area contributed by atoms with Crippen LogP contribution in [0.25, 0.3) is 0 Å². The highest BCUT2D eigenvalue weighted by Gasteiger charge is 2.24. The highest BCUT2D eigenvalue weighted by atomic mass is 16.5. The third-order valence-electron chi connectivity index (χ3n) is 2.29. The normalized spacial score (nSPS) is 10.1. The minimum atomic E-state index is -0.650. The molecule has 0 aliphatic carbocycles. The van der Waals surface area contributed by atoms with Gasteiger partial charge in [0.2, 0.25) is 0 Å². The van der Waals surface area contributed by atoms with Crippen LogP contribution in [0.3, 0.4) is 0 Å². The van der Waals surface area contributed by atoms with Crippen molar-refractivity contribution in [1.82, 2.24) is 4.98 Å². The second-order valence-corrected chi connectivity index (χ2v) is 3.57. The number of carbonyl (C=O) groups is 2. The Kier molecular flexibility index (Phi) is 5.95. The summed E-state index contributed by atoms with van der Waals surface area (Å²) in [5, 5.41) is 0. The van der Waals surface area contributed by atoms with Crippen LogP contribution in [-0.4, -0.2) is 37.2 Å².